The quantitative estimate of drug-likeness (QED) is 0.659. The molecule has 0 spiro atoms. The average molecular weight is 296 g/mol. The van der Waals surface area contributed by atoms with Gasteiger partial charge in [-0.2, -0.15) is 5.10 Å². The number of aromatic nitrogens is 3. The van der Waals surface area contributed by atoms with Crippen LogP contribution in [0.5, 0.6) is 0 Å². The molecule has 0 aliphatic rings. The Bertz CT molecular complexity index is 479. The van der Waals surface area contributed by atoms with Crippen LogP contribution < -0.4 is 11.3 Å². The van der Waals surface area contributed by atoms with Crippen molar-refractivity contribution < 1.29 is 0 Å². The van der Waals surface area contributed by atoms with Crippen LogP contribution in [0.25, 0.3) is 0 Å². The van der Waals surface area contributed by atoms with E-state index < -0.39 is 0 Å². The lowest BCUT2D eigenvalue weighted by Crippen LogP contribution is -2.31. The molecule has 0 bridgehead atoms. The molecule has 2 rings (SSSR count). The lowest BCUT2D eigenvalue weighted by molar-refractivity contribution is 0.504. The zero-order valence-electron chi connectivity index (χ0n) is 9.47. The van der Waals surface area contributed by atoms with E-state index in [0.29, 0.717) is 0 Å². The Labute approximate surface area is 108 Å². The Morgan fingerprint density at radius 3 is 2.82 bits per heavy atom. The Balaban J connectivity index is 2.16. The molecule has 0 aliphatic carbocycles. The SMILES string of the molecule is Cn1nccc1C(Cc1ccc(Br)cn1)NN. The highest BCUT2D eigenvalue weighted by Gasteiger charge is 2.14. The van der Waals surface area contributed by atoms with E-state index in [-0.39, 0.29) is 6.04 Å². The van der Waals surface area contributed by atoms with Crippen molar-refractivity contribution in [1.29, 1.82) is 0 Å². The molecule has 0 fully saturated rings. The first-order valence-corrected chi connectivity index (χ1v) is 6.04. The lowest BCUT2D eigenvalue weighted by atomic mass is 10.1. The highest BCUT2D eigenvalue weighted by molar-refractivity contribution is 9.10. The van der Waals surface area contributed by atoms with Crippen LogP contribution in [-0.2, 0) is 13.5 Å². The van der Waals surface area contributed by atoms with Gasteiger partial charge in [0.25, 0.3) is 0 Å². The number of hydrogen-bond acceptors (Lipinski definition) is 4. The number of hydrazine groups is 1. The second-order valence-electron chi connectivity index (χ2n) is 3.77. The van der Waals surface area contributed by atoms with Crippen LogP contribution in [0.2, 0.25) is 0 Å². The third kappa shape index (κ3) is 2.91. The van der Waals surface area contributed by atoms with Crippen LogP contribution in [0, 0.1) is 0 Å². The normalized spacial score (nSPS) is 12.6. The maximum atomic E-state index is 5.58. The highest BCUT2D eigenvalue weighted by Crippen LogP contribution is 2.16. The first-order chi connectivity index (χ1) is 8.20. The molecule has 0 radical (unpaired) electrons. The van der Waals surface area contributed by atoms with Crippen molar-refractivity contribution in [3.05, 3.63) is 46.5 Å². The summed E-state index contributed by atoms with van der Waals surface area (Å²) in [6, 6.07) is 5.91. The van der Waals surface area contributed by atoms with Gasteiger partial charge in [-0.15, -0.1) is 0 Å². The number of nitrogens with two attached hydrogens (primary N) is 1. The monoisotopic (exact) mass is 295 g/mol. The van der Waals surface area contributed by atoms with Crippen molar-refractivity contribution in [3.8, 4) is 0 Å². The highest BCUT2D eigenvalue weighted by atomic mass is 79.9. The maximum absolute atomic E-state index is 5.58. The molecule has 0 saturated carbocycles. The van der Waals surface area contributed by atoms with E-state index >= 15 is 0 Å². The lowest BCUT2D eigenvalue weighted by Gasteiger charge is -2.15. The summed E-state index contributed by atoms with van der Waals surface area (Å²) in [7, 11) is 1.90. The molecule has 0 aliphatic heterocycles. The third-order valence-electron chi connectivity index (χ3n) is 2.62. The van der Waals surface area contributed by atoms with Gasteiger partial charge in [0.1, 0.15) is 0 Å². The van der Waals surface area contributed by atoms with Gasteiger partial charge in [0.05, 0.1) is 11.7 Å². The molecule has 6 heteroatoms. The molecular formula is C11H14BrN5. The fourth-order valence-corrected chi connectivity index (χ4v) is 1.95. The van der Waals surface area contributed by atoms with Crippen molar-refractivity contribution >= 4 is 15.9 Å². The van der Waals surface area contributed by atoms with Gasteiger partial charge < -0.3 is 0 Å². The van der Waals surface area contributed by atoms with Crippen LogP contribution in [-0.4, -0.2) is 14.8 Å². The van der Waals surface area contributed by atoms with Crippen LogP contribution in [0.1, 0.15) is 17.4 Å². The largest absolute Gasteiger partial charge is 0.271 e. The second kappa shape index (κ2) is 5.39. The number of aryl methyl sites for hydroxylation is 1. The van der Waals surface area contributed by atoms with Gasteiger partial charge in [-0.1, -0.05) is 0 Å². The Morgan fingerprint density at radius 2 is 2.29 bits per heavy atom. The van der Waals surface area contributed by atoms with Crippen molar-refractivity contribution in [2.45, 2.75) is 12.5 Å². The van der Waals surface area contributed by atoms with Gasteiger partial charge >= 0.3 is 0 Å². The molecule has 0 amide bonds. The van der Waals surface area contributed by atoms with Gasteiger partial charge in [-0.05, 0) is 34.1 Å². The van der Waals surface area contributed by atoms with Crippen LogP contribution >= 0.6 is 15.9 Å². The minimum absolute atomic E-state index is 0.0103. The van der Waals surface area contributed by atoms with Crippen molar-refractivity contribution in [3.63, 3.8) is 0 Å². The molecule has 1 atom stereocenters. The predicted molar refractivity (Wildman–Crippen MR) is 68.9 cm³/mol. The van der Waals surface area contributed by atoms with Crippen molar-refractivity contribution in [2.24, 2.45) is 12.9 Å². The van der Waals surface area contributed by atoms with Gasteiger partial charge in [0.15, 0.2) is 0 Å². The van der Waals surface area contributed by atoms with E-state index in [1.54, 1.807) is 12.4 Å². The summed E-state index contributed by atoms with van der Waals surface area (Å²) in [5, 5.41) is 4.13. The van der Waals surface area contributed by atoms with Crippen LogP contribution in [0.15, 0.2) is 35.1 Å². The van der Waals surface area contributed by atoms with E-state index in [1.165, 1.54) is 0 Å². The van der Waals surface area contributed by atoms with Crippen molar-refractivity contribution in [2.75, 3.05) is 0 Å². The minimum Gasteiger partial charge on any atom is -0.271 e. The third-order valence-corrected chi connectivity index (χ3v) is 3.09. The topological polar surface area (TPSA) is 68.8 Å². The van der Waals surface area contributed by atoms with Crippen molar-refractivity contribution in [1.82, 2.24) is 20.2 Å². The minimum atomic E-state index is 0.0103. The fraction of sp³-hybridized carbons (Fsp3) is 0.273. The van der Waals surface area contributed by atoms with Gasteiger partial charge in [0.2, 0.25) is 0 Å². The molecule has 90 valence electrons. The molecule has 5 nitrogen and oxygen atoms in total. The first-order valence-electron chi connectivity index (χ1n) is 5.25. The number of hydrogen-bond donors (Lipinski definition) is 2. The summed E-state index contributed by atoms with van der Waals surface area (Å²) in [5.41, 5.74) is 4.82. The molecule has 3 N–H and O–H groups in total. The Morgan fingerprint density at radius 1 is 1.47 bits per heavy atom. The molecule has 1 unspecified atom stereocenters. The van der Waals surface area contributed by atoms with E-state index in [2.05, 4.69) is 31.4 Å². The summed E-state index contributed by atoms with van der Waals surface area (Å²) < 4.78 is 2.78. The maximum Gasteiger partial charge on any atom is 0.0684 e. The smallest absolute Gasteiger partial charge is 0.0684 e. The van der Waals surface area contributed by atoms with Crippen LogP contribution in [0.4, 0.5) is 0 Å². The zero-order chi connectivity index (χ0) is 12.3. The first kappa shape index (κ1) is 12.2. The van der Waals surface area contributed by atoms with Crippen LogP contribution in [0.3, 0.4) is 0 Å². The number of halogens is 1. The second-order valence-corrected chi connectivity index (χ2v) is 4.69. The molecule has 0 aromatic carbocycles. The summed E-state index contributed by atoms with van der Waals surface area (Å²) >= 11 is 3.36. The van der Waals surface area contributed by atoms with Gasteiger partial charge in [0, 0.05) is 36.0 Å². The van der Waals surface area contributed by atoms with E-state index in [4.69, 9.17) is 5.84 Å². The van der Waals surface area contributed by atoms with Gasteiger partial charge in [-0.3, -0.25) is 20.9 Å². The summed E-state index contributed by atoms with van der Waals surface area (Å²) in [6.07, 6.45) is 4.27. The molecule has 2 aromatic heterocycles. The Kier molecular flexibility index (Phi) is 3.88. The molecule has 2 heterocycles. The molecule has 2 aromatic rings. The molecule has 0 saturated heterocycles. The number of nitrogens with one attached hydrogen (secondary N) is 1. The number of pyridine rings is 1. The van der Waals surface area contributed by atoms with E-state index in [1.807, 2.05) is 29.9 Å². The number of rotatable bonds is 4. The summed E-state index contributed by atoms with van der Waals surface area (Å²) in [5.74, 6) is 5.58. The summed E-state index contributed by atoms with van der Waals surface area (Å²) in [6.45, 7) is 0. The Hall–Kier alpha value is -1.24. The van der Waals surface area contributed by atoms with E-state index in [9.17, 15) is 0 Å². The zero-order valence-corrected chi connectivity index (χ0v) is 11.1. The average Bonchev–Trinajstić information content (AvgIpc) is 2.75. The van der Waals surface area contributed by atoms with Gasteiger partial charge in [-0.25, -0.2) is 0 Å². The molecular weight excluding hydrogens is 282 g/mol. The fourth-order valence-electron chi connectivity index (χ4n) is 1.71. The standard InChI is InChI=1S/C11H14BrN5/c1-17-11(4-5-15-17)10(16-13)6-9-3-2-8(12)7-14-9/h2-5,7,10,16H,6,13H2,1H3. The molecule has 17 heavy (non-hydrogen) atoms. The summed E-state index contributed by atoms with van der Waals surface area (Å²) in [4.78, 5) is 4.33. The number of nitrogens with zero attached hydrogens (tertiary/aromatic N) is 3. The van der Waals surface area contributed by atoms with E-state index in [0.717, 1.165) is 22.3 Å². The predicted octanol–water partition coefficient (Wildman–Crippen LogP) is 1.32.